The van der Waals surface area contributed by atoms with E-state index in [4.69, 9.17) is 10.2 Å². The molecule has 0 amide bonds. The van der Waals surface area contributed by atoms with Crippen molar-refractivity contribution in [2.45, 2.75) is 12.5 Å². The predicted molar refractivity (Wildman–Crippen MR) is 48.9 cm³/mol. The molecule has 0 unspecified atom stereocenters. The number of carbonyl (C=O) groups is 1. The highest BCUT2D eigenvalue weighted by Gasteiger charge is 2.16. The van der Waals surface area contributed by atoms with Gasteiger partial charge in [-0.15, -0.1) is 0 Å². The predicted octanol–water partition coefficient (Wildman–Crippen LogP) is -1.78. The van der Waals surface area contributed by atoms with Crippen LogP contribution in [0.3, 0.4) is 0 Å². The lowest BCUT2D eigenvalue weighted by Crippen LogP contribution is -2.37. The molecule has 0 aliphatic heterocycles. The van der Waals surface area contributed by atoms with E-state index in [0.29, 0.717) is 0 Å². The molecule has 0 aromatic rings. The molecule has 0 aliphatic carbocycles. The topological polar surface area (TPSA) is 107 Å². The standard InChI is InChI=1S/C6H14N2O5S/c1-8(2)14(12,13)7-4-3-5(9)6(10)11/h5,7,9H,3-4H2,1-2H3,(H,10,11)/t5-/m0/s1. The van der Waals surface area contributed by atoms with Crippen LogP contribution in [0.15, 0.2) is 0 Å². The Morgan fingerprint density at radius 3 is 2.36 bits per heavy atom. The van der Waals surface area contributed by atoms with E-state index in [1.807, 2.05) is 0 Å². The van der Waals surface area contributed by atoms with E-state index in [0.717, 1.165) is 4.31 Å². The van der Waals surface area contributed by atoms with Crippen molar-refractivity contribution in [1.82, 2.24) is 9.03 Å². The summed E-state index contributed by atoms with van der Waals surface area (Å²) in [7, 11) is -0.854. The molecule has 0 bridgehead atoms. The van der Waals surface area contributed by atoms with Crippen molar-refractivity contribution in [2.75, 3.05) is 20.6 Å². The monoisotopic (exact) mass is 226 g/mol. The number of hydrogen-bond acceptors (Lipinski definition) is 4. The Morgan fingerprint density at radius 2 is 2.00 bits per heavy atom. The summed E-state index contributed by atoms with van der Waals surface area (Å²) < 4.78 is 25.2. The van der Waals surface area contributed by atoms with Crippen molar-refractivity contribution >= 4 is 16.2 Å². The molecule has 8 heteroatoms. The highest BCUT2D eigenvalue weighted by Crippen LogP contribution is 1.93. The van der Waals surface area contributed by atoms with Gasteiger partial charge in [0.2, 0.25) is 0 Å². The van der Waals surface area contributed by atoms with Gasteiger partial charge in [0.1, 0.15) is 0 Å². The summed E-state index contributed by atoms with van der Waals surface area (Å²) in [5.74, 6) is -1.37. The number of aliphatic hydroxyl groups excluding tert-OH is 1. The Morgan fingerprint density at radius 1 is 1.50 bits per heavy atom. The average molecular weight is 226 g/mol. The lowest BCUT2D eigenvalue weighted by atomic mass is 10.3. The Balaban J connectivity index is 3.92. The Kier molecular flexibility index (Phi) is 4.99. The molecule has 0 rings (SSSR count). The molecular weight excluding hydrogens is 212 g/mol. The first-order valence-corrected chi connectivity index (χ1v) is 5.29. The second-order valence-electron chi connectivity index (χ2n) is 2.82. The van der Waals surface area contributed by atoms with Crippen molar-refractivity contribution in [3.05, 3.63) is 0 Å². The van der Waals surface area contributed by atoms with Crippen LogP contribution in [0, 0.1) is 0 Å². The lowest BCUT2D eigenvalue weighted by molar-refractivity contribution is -0.146. The van der Waals surface area contributed by atoms with E-state index in [1.165, 1.54) is 14.1 Å². The van der Waals surface area contributed by atoms with Crippen LogP contribution in [0.25, 0.3) is 0 Å². The fourth-order valence-electron chi connectivity index (χ4n) is 0.577. The summed E-state index contributed by atoms with van der Waals surface area (Å²) >= 11 is 0. The van der Waals surface area contributed by atoms with E-state index in [9.17, 15) is 13.2 Å². The maximum atomic E-state index is 11.1. The number of rotatable bonds is 6. The number of aliphatic carboxylic acids is 1. The van der Waals surface area contributed by atoms with Gasteiger partial charge < -0.3 is 10.2 Å². The molecule has 0 aromatic heterocycles. The fourth-order valence-corrected chi connectivity index (χ4v) is 1.21. The minimum absolute atomic E-state index is 0.117. The average Bonchev–Trinajstić information content (AvgIpc) is 2.03. The van der Waals surface area contributed by atoms with Crippen LogP contribution in [0.1, 0.15) is 6.42 Å². The molecule has 0 saturated heterocycles. The van der Waals surface area contributed by atoms with Gasteiger partial charge in [-0.05, 0) is 6.42 Å². The van der Waals surface area contributed by atoms with Gasteiger partial charge in [0.15, 0.2) is 6.10 Å². The van der Waals surface area contributed by atoms with Gasteiger partial charge in [-0.25, -0.2) is 9.52 Å². The van der Waals surface area contributed by atoms with Crippen molar-refractivity contribution < 1.29 is 23.4 Å². The summed E-state index contributed by atoms with van der Waals surface area (Å²) in [6, 6.07) is 0. The Hall–Kier alpha value is -0.700. The maximum absolute atomic E-state index is 11.1. The van der Waals surface area contributed by atoms with E-state index >= 15 is 0 Å². The molecule has 0 heterocycles. The van der Waals surface area contributed by atoms with Crippen LogP contribution in [0.4, 0.5) is 0 Å². The molecule has 1 atom stereocenters. The molecule has 84 valence electrons. The van der Waals surface area contributed by atoms with Crippen LogP contribution in [-0.2, 0) is 15.0 Å². The van der Waals surface area contributed by atoms with Crippen molar-refractivity contribution in [3.63, 3.8) is 0 Å². The lowest BCUT2D eigenvalue weighted by Gasteiger charge is -2.12. The fraction of sp³-hybridized carbons (Fsp3) is 0.833. The Bertz CT molecular complexity index is 287. The molecule has 0 aliphatic rings. The van der Waals surface area contributed by atoms with E-state index < -0.39 is 22.3 Å². The molecule has 0 aromatic carbocycles. The Labute approximate surface area is 82.5 Å². The van der Waals surface area contributed by atoms with Gasteiger partial charge in [0.05, 0.1) is 0 Å². The van der Waals surface area contributed by atoms with Gasteiger partial charge in [-0.2, -0.15) is 12.7 Å². The number of nitrogens with one attached hydrogen (secondary N) is 1. The molecule has 0 saturated carbocycles. The summed E-state index contributed by atoms with van der Waals surface area (Å²) in [4.78, 5) is 10.2. The maximum Gasteiger partial charge on any atom is 0.332 e. The minimum Gasteiger partial charge on any atom is -0.479 e. The normalized spacial score (nSPS) is 14.3. The van der Waals surface area contributed by atoms with Gasteiger partial charge in [-0.3, -0.25) is 0 Å². The molecule has 14 heavy (non-hydrogen) atoms. The molecule has 0 radical (unpaired) electrons. The quantitative estimate of drug-likeness (QED) is 0.496. The van der Waals surface area contributed by atoms with E-state index in [-0.39, 0.29) is 13.0 Å². The van der Waals surface area contributed by atoms with Crippen molar-refractivity contribution in [3.8, 4) is 0 Å². The molecule has 3 N–H and O–H groups in total. The van der Waals surface area contributed by atoms with Gasteiger partial charge >= 0.3 is 5.97 Å². The zero-order valence-electron chi connectivity index (χ0n) is 7.97. The third kappa shape index (κ3) is 4.51. The summed E-state index contributed by atoms with van der Waals surface area (Å²) in [6.07, 6.45) is -1.71. The largest absolute Gasteiger partial charge is 0.479 e. The molecule has 0 fully saturated rings. The van der Waals surface area contributed by atoms with Crippen LogP contribution in [-0.4, -0.2) is 55.6 Å². The number of aliphatic hydroxyl groups is 1. The zero-order chi connectivity index (χ0) is 11.4. The first kappa shape index (κ1) is 13.3. The molecule has 7 nitrogen and oxygen atoms in total. The van der Waals surface area contributed by atoms with Crippen molar-refractivity contribution in [2.24, 2.45) is 0 Å². The third-order valence-corrected chi connectivity index (χ3v) is 3.00. The van der Waals surface area contributed by atoms with Gasteiger partial charge in [-0.1, -0.05) is 0 Å². The van der Waals surface area contributed by atoms with Gasteiger partial charge in [0, 0.05) is 20.6 Å². The SMILES string of the molecule is CN(C)S(=O)(=O)NCC[C@H](O)C(=O)O. The number of carboxylic acid groups (broad SMARTS) is 1. The van der Waals surface area contributed by atoms with Crippen LogP contribution < -0.4 is 4.72 Å². The summed E-state index contributed by atoms with van der Waals surface area (Å²) in [6.45, 7) is -0.117. The van der Waals surface area contributed by atoms with Crippen LogP contribution >= 0.6 is 0 Å². The first-order valence-electron chi connectivity index (χ1n) is 3.85. The van der Waals surface area contributed by atoms with Gasteiger partial charge in [0.25, 0.3) is 10.2 Å². The number of carboxylic acids is 1. The first-order chi connectivity index (χ1) is 6.27. The van der Waals surface area contributed by atoms with Crippen molar-refractivity contribution in [1.29, 1.82) is 0 Å². The second kappa shape index (κ2) is 5.25. The zero-order valence-corrected chi connectivity index (χ0v) is 8.78. The van der Waals surface area contributed by atoms with Crippen LogP contribution in [0.5, 0.6) is 0 Å². The number of nitrogens with zero attached hydrogens (tertiary/aromatic N) is 1. The summed E-state index contributed by atoms with van der Waals surface area (Å²) in [5.41, 5.74) is 0. The van der Waals surface area contributed by atoms with Crippen LogP contribution in [0.2, 0.25) is 0 Å². The van der Waals surface area contributed by atoms with E-state index in [1.54, 1.807) is 0 Å². The molecule has 0 spiro atoms. The van der Waals surface area contributed by atoms with E-state index in [2.05, 4.69) is 4.72 Å². The highest BCUT2D eigenvalue weighted by atomic mass is 32.2. The smallest absolute Gasteiger partial charge is 0.332 e. The third-order valence-electron chi connectivity index (χ3n) is 1.47. The molecular formula is C6H14N2O5S. The second-order valence-corrected chi connectivity index (χ2v) is 4.79. The highest BCUT2D eigenvalue weighted by molar-refractivity contribution is 7.87. The number of hydrogen-bond donors (Lipinski definition) is 3. The minimum atomic E-state index is -3.54. The summed E-state index contributed by atoms with van der Waals surface area (Å²) in [5, 5.41) is 17.1.